The lowest BCUT2D eigenvalue weighted by molar-refractivity contribution is -0.124. The van der Waals surface area contributed by atoms with Gasteiger partial charge in [-0.05, 0) is 23.6 Å². The average Bonchev–Trinajstić information content (AvgIpc) is 3.07. The van der Waals surface area contributed by atoms with E-state index >= 15 is 0 Å². The van der Waals surface area contributed by atoms with Gasteiger partial charge in [0, 0.05) is 30.7 Å². The highest BCUT2D eigenvalue weighted by Gasteiger charge is 2.31. The first-order chi connectivity index (χ1) is 13.6. The molecule has 1 fully saturated rings. The van der Waals surface area contributed by atoms with Crippen molar-refractivity contribution in [1.29, 1.82) is 0 Å². The van der Waals surface area contributed by atoms with E-state index in [0.717, 1.165) is 24.2 Å². The molecule has 1 aliphatic heterocycles. The van der Waals surface area contributed by atoms with Gasteiger partial charge in [0.05, 0.1) is 13.1 Å². The fraction of sp³-hybridized carbons (Fsp3) is 0.364. The lowest BCUT2D eigenvalue weighted by Crippen LogP contribution is -2.40. The fourth-order valence-corrected chi connectivity index (χ4v) is 3.68. The summed E-state index contributed by atoms with van der Waals surface area (Å²) in [4.78, 5) is 26.5. The Morgan fingerprint density at radius 2 is 1.72 bits per heavy atom. The molecule has 0 aliphatic carbocycles. The minimum absolute atomic E-state index is 0. The number of likely N-dealkylation sites (tertiary alicyclic amines) is 1. The van der Waals surface area contributed by atoms with E-state index in [9.17, 15) is 9.59 Å². The molecule has 0 saturated carbocycles. The van der Waals surface area contributed by atoms with Crippen molar-refractivity contribution in [3.8, 4) is 0 Å². The third-order valence-corrected chi connectivity index (χ3v) is 5.15. The zero-order valence-corrected chi connectivity index (χ0v) is 17.5. The van der Waals surface area contributed by atoms with Gasteiger partial charge < -0.3 is 16.4 Å². The van der Waals surface area contributed by atoms with Gasteiger partial charge in [-0.1, -0.05) is 55.5 Å². The van der Waals surface area contributed by atoms with Gasteiger partial charge in [0.15, 0.2) is 0 Å². The molecule has 0 spiro atoms. The number of aryl methyl sites for hydroxylation is 1. The van der Waals surface area contributed by atoms with Crippen molar-refractivity contribution in [2.24, 2.45) is 5.73 Å². The van der Waals surface area contributed by atoms with E-state index in [1.165, 1.54) is 5.56 Å². The Hall–Kier alpha value is -2.41. The van der Waals surface area contributed by atoms with Gasteiger partial charge in [0.1, 0.15) is 0 Å². The number of nitrogens with zero attached hydrogens (tertiary/aromatic N) is 1. The Morgan fingerprint density at radius 1 is 1.03 bits per heavy atom. The van der Waals surface area contributed by atoms with Crippen LogP contribution in [0.15, 0.2) is 54.6 Å². The Balaban J connectivity index is 0.00000300. The Labute approximate surface area is 178 Å². The molecule has 0 unspecified atom stereocenters. The molecule has 7 heteroatoms. The van der Waals surface area contributed by atoms with E-state index in [4.69, 9.17) is 5.73 Å². The standard InChI is InChI=1S/C22H28N4O2.ClH/c1-2-16-8-6-7-11-20(16)25-21(27)12-24-22(28)15-26-13-18(19(23)14-26)17-9-4-3-5-10-17;/h3-11,18-19H,2,12-15,23H2,1H3,(H,24,28)(H,25,27);1H/t18-,19+;/m0./s1. The lowest BCUT2D eigenvalue weighted by Gasteiger charge is -2.16. The van der Waals surface area contributed by atoms with Crippen LogP contribution < -0.4 is 16.4 Å². The van der Waals surface area contributed by atoms with Crippen LogP contribution in [0.3, 0.4) is 0 Å². The molecule has 1 aliphatic rings. The lowest BCUT2D eigenvalue weighted by atomic mass is 9.95. The summed E-state index contributed by atoms with van der Waals surface area (Å²) in [5.74, 6) is -0.169. The molecular weight excluding hydrogens is 388 g/mol. The molecule has 0 bridgehead atoms. The fourth-order valence-electron chi connectivity index (χ4n) is 3.68. The monoisotopic (exact) mass is 416 g/mol. The number of rotatable bonds is 7. The van der Waals surface area contributed by atoms with Crippen molar-refractivity contribution in [2.75, 3.05) is 31.5 Å². The number of carbonyl (C=O) groups is 2. The van der Waals surface area contributed by atoms with E-state index in [2.05, 4.69) is 22.8 Å². The normalized spacial score (nSPS) is 18.7. The number of nitrogens with two attached hydrogens (primary N) is 1. The van der Waals surface area contributed by atoms with Crippen LogP contribution in [0.4, 0.5) is 5.69 Å². The average molecular weight is 417 g/mol. The molecule has 2 amide bonds. The molecule has 156 valence electrons. The van der Waals surface area contributed by atoms with Crippen LogP contribution in [-0.4, -0.2) is 48.9 Å². The molecule has 2 atom stereocenters. The van der Waals surface area contributed by atoms with Crippen molar-refractivity contribution >= 4 is 29.9 Å². The van der Waals surface area contributed by atoms with Crippen molar-refractivity contribution in [2.45, 2.75) is 25.3 Å². The number of para-hydroxylation sites is 1. The van der Waals surface area contributed by atoms with E-state index in [1.54, 1.807) is 0 Å². The summed E-state index contributed by atoms with van der Waals surface area (Å²) in [6.07, 6.45) is 0.834. The van der Waals surface area contributed by atoms with Crippen LogP contribution >= 0.6 is 12.4 Å². The molecule has 4 N–H and O–H groups in total. The van der Waals surface area contributed by atoms with E-state index in [1.807, 2.05) is 54.3 Å². The molecule has 6 nitrogen and oxygen atoms in total. The molecule has 1 heterocycles. The van der Waals surface area contributed by atoms with E-state index < -0.39 is 0 Å². The third kappa shape index (κ3) is 6.29. The molecule has 2 aromatic rings. The van der Waals surface area contributed by atoms with Gasteiger partial charge in [-0.2, -0.15) is 0 Å². The topological polar surface area (TPSA) is 87.5 Å². The Morgan fingerprint density at radius 3 is 2.45 bits per heavy atom. The zero-order chi connectivity index (χ0) is 19.9. The van der Waals surface area contributed by atoms with Crippen LogP contribution in [-0.2, 0) is 16.0 Å². The maximum Gasteiger partial charge on any atom is 0.243 e. The Kier molecular flexibility index (Phi) is 8.64. The summed E-state index contributed by atoms with van der Waals surface area (Å²) in [6, 6.07) is 17.8. The van der Waals surface area contributed by atoms with Crippen molar-refractivity contribution < 1.29 is 9.59 Å². The molecule has 0 radical (unpaired) electrons. The predicted octanol–water partition coefficient (Wildman–Crippen LogP) is 2.15. The van der Waals surface area contributed by atoms with Crippen LogP contribution in [0.1, 0.15) is 24.0 Å². The minimum atomic E-state index is -0.227. The highest BCUT2D eigenvalue weighted by molar-refractivity contribution is 5.95. The summed E-state index contributed by atoms with van der Waals surface area (Å²) in [7, 11) is 0. The van der Waals surface area contributed by atoms with Crippen molar-refractivity contribution in [1.82, 2.24) is 10.2 Å². The van der Waals surface area contributed by atoms with Crippen LogP contribution in [0, 0.1) is 0 Å². The van der Waals surface area contributed by atoms with Gasteiger partial charge in [0.25, 0.3) is 0 Å². The van der Waals surface area contributed by atoms with Crippen molar-refractivity contribution in [3.63, 3.8) is 0 Å². The second kappa shape index (κ2) is 11.0. The third-order valence-electron chi connectivity index (χ3n) is 5.15. The largest absolute Gasteiger partial charge is 0.346 e. The summed E-state index contributed by atoms with van der Waals surface area (Å²) in [5, 5.41) is 5.56. The first-order valence-corrected chi connectivity index (χ1v) is 9.74. The van der Waals surface area contributed by atoms with E-state index in [-0.39, 0.29) is 49.3 Å². The maximum atomic E-state index is 12.3. The molecule has 2 aromatic carbocycles. The number of hydrogen-bond donors (Lipinski definition) is 3. The first-order valence-electron chi connectivity index (χ1n) is 9.74. The highest BCUT2D eigenvalue weighted by Crippen LogP contribution is 2.25. The number of nitrogens with one attached hydrogen (secondary N) is 2. The van der Waals surface area contributed by atoms with Crippen molar-refractivity contribution in [3.05, 3.63) is 65.7 Å². The van der Waals surface area contributed by atoms with Gasteiger partial charge in [-0.15, -0.1) is 12.4 Å². The predicted molar refractivity (Wildman–Crippen MR) is 118 cm³/mol. The Bertz CT molecular complexity index is 815. The number of amides is 2. The van der Waals surface area contributed by atoms with E-state index in [0.29, 0.717) is 6.54 Å². The van der Waals surface area contributed by atoms with Crippen LogP contribution in [0.5, 0.6) is 0 Å². The molecule has 29 heavy (non-hydrogen) atoms. The highest BCUT2D eigenvalue weighted by atomic mass is 35.5. The molecule has 0 aromatic heterocycles. The number of hydrogen-bond acceptors (Lipinski definition) is 4. The zero-order valence-electron chi connectivity index (χ0n) is 16.6. The smallest absolute Gasteiger partial charge is 0.243 e. The minimum Gasteiger partial charge on any atom is -0.346 e. The molecule has 1 saturated heterocycles. The summed E-state index contributed by atoms with van der Waals surface area (Å²) in [5.41, 5.74) is 9.34. The summed E-state index contributed by atoms with van der Waals surface area (Å²) in [6.45, 7) is 3.66. The number of carbonyl (C=O) groups excluding carboxylic acids is 2. The summed E-state index contributed by atoms with van der Waals surface area (Å²) < 4.78 is 0. The first kappa shape index (κ1) is 22.9. The molecule has 3 rings (SSSR count). The SMILES string of the molecule is CCc1ccccc1NC(=O)CNC(=O)CN1C[C@@H](N)[C@H](c2ccccc2)C1.Cl. The second-order valence-electron chi connectivity index (χ2n) is 7.21. The van der Waals surface area contributed by atoms with Crippen LogP contribution in [0.25, 0.3) is 0 Å². The van der Waals surface area contributed by atoms with Gasteiger partial charge in [-0.25, -0.2) is 0 Å². The summed E-state index contributed by atoms with van der Waals surface area (Å²) >= 11 is 0. The number of halogens is 1. The second-order valence-corrected chi connectivity index (χ2v) is 7.21. The number of anilines is 1. The maximum absolute atomic E-state index is 12.3. The van der Waals surface area contributed by atoms with Crippen LogP contribution in [0.2, 0.25) is 0 Å². The number of benzene rings is 2. The van der Waals surface area contributed by atoms with Gasteiger partial charge in [-0.3, -0.25) is 14.5 Å². The van der Waals surface area contributed by atoms with Gasteiger partial charge >= 0.3 is 0 Å². The quantitative estimate of drug-likeness (QED) is 0.645. The molecular formula is C22H29ClN4O2. The van der Waals surface area contributed by atoms with Gasteiger partial charge in [0.2, 0.25) is 11.8 Å².